The maximum Gasteiger partial charge on any atom is 0.306 e. The summed E-state index contributed by atoms with van der Waals surface area (Å²) in [6.45, 7) is 8.14. The second kappa shape index (κ2) is 15.0. The van der Waals surface area contributed by atoms with Crippen LogP contribution in [0.1, 0.15) is 79.1 Å². The van der Waals surface area contributed by atoms with Crippen LogP contribution in [0.3, 0.4) is 0 Å². The van der Waals surface area contributed by atoms with Crippen LogP contribution in [0.15, 0.2) is 9.81 Å². The predicted molar refractivity (Wildman–Crippen MR) is 150 cm³/mol. The predicted octanol–water partition coefficient (Wildman–Crippen LogP) is 4.94. The van der Waals surface area contributed by atoms with Gasteiger partial charge in [0.25, 0.3) is 11.8 Å². The highest BCUT2D eigenvalue weighted by Gasteiger charge is 2.41. The third kappa shape index (κ3) is 9.42. The Morgan fingerprint density at radius 2 is 1.06 bits per heavy atom. The fourth-order valence-corrected chi connectivity index (χ4v) is 6.30. The molecule has 2 fully saturated rings. The van der Waals surface area contributed by atoms with E-state index < -0.39 is 0 Å². The Bertz CT molecular complexity index is 846. The molecule has 2 aliphatic heterocycles. The number of ether oxygens (including phenoxy) is 2. The van der Waals surface area contributed by atoms with Crippen molar-refractivity contribution in [2.45, 2.75) is 91.3 Å². The number of carbonyl (C=O) groups is 4. The first-order valence-electron chi connectivity index (χ1n) is 12.2. The van der Waals surface area contributed by atoms with E-state index in [-0.39, 0.29) is 36.0 Å². The van der Waals surface area contributed by atoms with E-state index in [9.17, 15) is 19.2 Å². The molecular formula is C24H34N2O6S4. The first kappa shape index (κ1) is 30.7. The Hall–Kier alpha value is -1.50. The third-order valence-corrected chi connectivity index (χ3v) is 8.19. The molecule has 2 heterocycles. The lowest BCUT2D eigenvalue weighted by Crippen LogP contribution is -2.31. The van der Waals surface area contributed by atoms with Gasteiger partial charge in [-0.3, -0.25) is 29.0 Å². The van der Waals surface area contributed by atoms with Crippen LogP contribution < -0.4 is 0 Å². The van der Waals surface area contributed by atoms with Crippen molar-refractivity contribution in [3.8, 4) is 0 Å². The number of thiocarbonyl (C=S) groups is 2. The van der Waals surface area contributed by atoms with Gasteiger partial charge >= 0.3 is 11.9 Å². The molecule has 2 amide bonds. The third-order valence-electron chi connectivity index (χ3n) is 5.16. The Morgan fingerprint density at radius 3 is 1.39 bits per heavy atom. The molecule has 0 bridgehead atoms. The molecule has 2 saturated heterocycles. The van der Waals surface area contributed by atoms with E-state index in [2.05, 4.69) is 0 Å². The lowest BCUT2D eigenvalue weighted by atomic mass is 10.2. The standard InChI is InChI=1S/C24H34N2O6S4/c1-15(2)31-17(27)11-7-5-9-13-25-21(29)19(35-23(25)33)20-22(30)26(24(34)36-20)14-10-6-8-12-18(28)32-16(3)4/h15-16H,5-14H2,1-4H3/b20-19+. The summed E-state index contributed by atoms with van der Waals surface area (Å²) in [5.74, 6) is -0.973. The lowest BCUT2D eigenvalue weighted by Gasteiger charge is -2.14. The molecular weight excluding hydrogens is 541 g/mol. The molecule has 36 heavy (non-hydrogen) atoms. The van der Waals surface area contributed by atoms with Crippen molar-refractivity contribution in [3.63, 3.8) is 0 Å². The molecule has 0 saturated carbocycles. The molecule has 2 rings (SSSR count). The lowest BCUT2D eigenvalue weighted by molar-refractivity contribution is -0.148. The van der Waals surface area contributed by atoms with E-state index in [1.807, 2.05) is 27.7 Å². The van der Waals surface area contributed by atoms with E-state index in [0.717, 1.165) is 36.4 Å². The summed E-state index contributed by atoms with van der Waals surface area (Å²) in [4.78, 5) is 53.0. The van der Waals surface area contributed by atoms with E-state index in [0.29, 0.717) is 70.1 Å². The van der Waals surface area contributed by atoms with Crippen molar-refractivity contribution in [2.75, 3.05) is 13.1 Å². The van der Waals surface area contributed by atoms with Gasteiger partial charge in [0.15, 0.2) is 0 Å². The summed E-state index contributed by atoms with van der Waals surface area (Å²) in [6, 6.07) is 0. The molecule has 0 spiro atoms. The van der Waals surface area contributed by atoms with E-state index in [4.69, 9.17) is 33.9 Å². The maximum atomic E-state index is 13.0. The van der Waals surface area contributed by atoms with E-state index in [1.165, 1.54) is 9.80 Å². The van der Waals surface area contributed by atoms with Crippen molar-refractivity contribution < 1.29 is 28.7 Å². The van der Waals surface area contributed by atoms with Gasteiger partial charge in [-0.25, -0.2) is 0 Å². The number of hydrogen-bond acceptors (Lipinski definition) is 10. The topological polar surface area (TPSA) is 93.2 Å². The van der Waals surface area contributed by atoms with Crippen LogP contribution in [0.25, 0.3) is 0 Å². The summed E-state index contributed by atoms with van der Waals surface area (Å²) < 4.78 is 11.1. The molecule has 12 heteroatoms. The van der Waals surface area contributed by atoms with Crippen LogP contribution in [-0.4, -0.2) is 67.5 Å². The molecule has 8 nitrogen and oxygen atoms in total. The second-order valence-electron chi connectivity index (χ2n) is 9.01. The smallest absolute Gasteiger partial charge is 0.306 e. The fourth-order valence-electron chi connectivity index (χ4n) is 3.53. The van der Waals surface area contributed by atoms with Crippen LogP contribution in [0.2, 0.25) is 0 Å². The molecule has 200 valence electrons. The molecule has 0 N–H and O–H groups in total. The maximum absolute atomic E-state index is 13.0. The highest BCUT2D eigenvalue weighted by Crippen LogP contribution is 2.42. The van der Waals surface area contributed by atoms with Gasteiger partial charge in [-0.15, -0.1) is 0 Å². The molecule has 0 atom stereocenters. The van der Waals surface area contributed by atoms with Gasteiger partial charge in [0.2, 0.25) is 0 Å². The normalized spacial score (nSPS) is 18.3. The quantitative estimate of drug-likeness (QED) is 0.123. The van der Waals surface area contributed by atoms with Crippen molar-refractivity contribution in [1.29, 1.82) is 0 Å². The summed E-state index contributed by atoms with van der Waals surface area (Å²) in [5.41, 5.74) is 0. The number of hydrogen-bond donors (Lipinski definition) is 0. The van der Waals surface area contributed by atoms with Crippen molar-refractivity contribution in [2.24, 2.45) is 0 Å². The average Bonchev–Trinajstić information content (AvgIpc) is 3.21. The summed E-state index contributed by atoms with van der Waals surface area (Å²) >= 11 is 13.1. The molecule has 0 aromatic heterocycles. The van der Waals surface area contributed by atoms with E-state index in [1.54, 1.807) is 0 Å². The molecule has 0 aromatic rings. The van der Waals surface area contributed by atoms with Crippen LogP contribution >= 0.6 is 48.0 Å². The Balaban J connectivity index is 1.81. The van der Waals surface area contributed by atoms with Gasteiger partial charge in [0.1, 0.15) is 8.64 Å². The Morgan fingerprint density at radius 1 is 0.694 bits per heavy atom. The molecule has 0 aliphatic carbocycles. The van der Waals surface area contributed by atoms with Crippen LogP contribution in [0.4, 0.5) is 0 Å². The minimum atomic E-state index is -0.270. The monoisotopic (exact) mass is 574 g/mol. The first-order chi connectivity index (χ1) is 17.0. The largest absolute Gasteiger partial charge is 0.463 e. The van der Waals surface area contributed by atoms with Crippen molar-refractivity contribution in [3.05, 3.63) is 9.81 Å². The Kier molecular flexibility index (Phi) is 12.8. The van der Waals surface area contributed by atoms with Gasteiger partial charge in [-0.05, 0) is 53.4 Å². The van der Waals surface area contributed by atoms with Crippen molar-refractivity contribution >= 4 is 80.4 Å². The van der Waals surface area contributed by atoms with E-state index >= 15 is 0 Å². The minimum absolute atomic E-state index is 0.124. The highest BCUT2D eigenvalue weighted by atomic mass is 32.2. The fraction of sp³-hybridized carbons (Fsp3) is 0.667. The van der Waals surface area contributed by atoms with Crippen LogP contribution in [0, 0.1) is 0 Å². The highest BCUT2D eigenvalue weighted by molar-refractivity contribution is 8.29. The number of carbonyl (C=O) groups excluding carboxylic acids is 4. The van der Waals surface area contributed by atoms with Gasteiger partial charge in [-0.2, -0.15) is 0 Å². The van der Waals surface area contributed by atoms with Crippen molar-refractivity contribution in [1.82, 2.24) is 9.80 Å². The molecule has 0 unspecified atom stereocenters. The summed E-state index contributed by atoms with van der Waals surface area (Å²) in [6.07, 6.45) is 4.72. The van der Waals surface area contributed by atoms with Crippen LogP contribution in [0.5, 0.6) is 0 Å². The molecule has 0 radical (unpaired) electrons. The SMILES string of the molecule is CC(C)OC(=O)CCCCCN1C(=O)/C(=C2\SC(=S)N(CCCCCC(=O)OC(C)C)C2=O)SC1=S. The van der Waals surface area contributed by atoms with Crippen LogP contribution in [-0.2, 0) is 28.7 Å². The average molecular weight is 575 g/mol. The van der Waals surface area contributed by atoms with Gasteiger partial charge in [0, 0.05) is 25.9 Å². The molecule has 2 aliphatic rings. The summed E-state index contributed by atoms with van der Waals surface area (Å²) in [5, 5.41) is 0. The number of esters is 2. The number of amides is 2. The number of nitrogens with zero attached hydrogens (tertiary/aromatic N) is 2. The van der Waals surface area contributed by atoms with Gasteiger partial charge in [-0.1, -0.05) is 60.8 Å². The first-order valence-corrected chi connectivity index (χ1v) is 14.7. The Labute approximate surface area is 232 Å². The number of thioether (sulfide) groups is 2. The number of rotatable bonds is 14. The number of unbranched alkanes of at least 4 members (excludes halogenated alkanes) is 4. The minimum Gasteiger partial charge on any atom is -0.463 e. The zero-order valence-electron chi connectivity index (χ0n) is 21.2. The second-order valence-corrected chi connectivity index (χ2v) is 12.3. The zero-order valence-corrected chi connectivity index (χ0v) is 24.5. The molecule has 0 aromatic carbocycles. The zero-order chi connectivity index (χ0) is 26.8. The summed E-state index contributed by atoms with van der Waals surface area (Å²) in [7, 11) is 0. The van der Waals surface area contributed by atoms with Gasteiger partial charge in [0.05, 0.1) is 22.0 Å². The van der Waals surface area contributed by atoms with Gasteiger partial charge < -0.3 is 9.47 Å².